The van der Waals surface area contributed by atoms with Crippen molar-refractivity contribution in [3.8, 4) is 0 Å². The minimum Gasteiger partial charge on any atom is -0.445 e. The van der Waals surface area contributed by atoms with Crippen molar-refractivity contribution in [2.75, 3.05) is 19.6 Å². The quantitative estimate of drug-likeness (QED) is 0.881. The molecule has 1 aliphatic carbocycles. The molecule has 0 aromatic heterocycles. The van der Waals surface area contributed by atoms with Crippen molar-refractivity contribution >= 4 is 6.09 Å². The van der Waals surface area contributed by atoms with Crippen LogP contribution >= 0.6 is 0 Å². The van der Waals surface area contributed by atoms with Crippen molar-refractivity contribution in [3.63, 3.8) is 0 Å². The molecule has 2 aliphatic rings. The Hall–Kier alpha value is -1.55. The highest BCUT2D eigenvalue weighted by Gasteiger charge is 2.61. The second-order valence-electron chi connectivity index (χ2n) is 5.40. The molecule has 1 saturated heterocycles. The lowest BCUT2D eigenvalue weighted by Crippen LogP contribution is -2.53. The lowest BCUT2D eigenvalue weighted by atomic mass is 9.94. The number of nitrogens with zero attached hydrogens (tertiary/aromatic N) is 1. The van der Waals surface area contributed by atoms with Crippen LogP contribution in [0.1, 0.15) is 12.0 Å². The van der Waals surface area contributed by atoms with Gasteiger partial charge in [-0.15, -0.1) is 0 Å². The molecule has 2 N–H and O–H groups in total. The first-order valence-electron chi connectivity index (χ1n) is 6.39. The standard InChI is InChI=1S/C14H18N2O2/c15-7-12-6-14(12)9-16(10-14)13(17)18-8-11-4-2-1-3-5-11/h1-5,12H,6-10,15H2. The molecule has 1 unspecified atom stereocenters. The fraction of sp³-hybridized carbons (Fsp3) is 0.500. The SMILES string of the molecule is NCC1CC12CN(C(=O)OCc1ccccc1)C2. The molecule has 1 atom stereocenters. The summed E-state index contributed by atoms with van der Waals surface area (Å²) >= 11 is 0. The van der Waals surface area contributed by atoms with Crippen LogP contribution < -0.4 is 5.73 Å². The highest BCUT2D eigenvalue weighted by atomic mass is 16.6. The summed E-state index contributed by atoms with van der Waals surface area (Å²) in [6, 6.07) is 9.74. The van der Waals surface area contributed by atoms with Crippen molar-refractivity contribution in [2.24, 2.45) is 17.1 Å². The topological polar surface area (TPSA) is 55.6 Å². The molecule has 4 nitrogen and oxygen atoms in total. The van der Waals surface area contributed by atoms with E-state index in [1.807, 2.05) is 30.3 Å². The van der Waals surface area contributed by atoms with Crippen LogP contribution in [0.5, 0.6) is 0 Å². The minimum absolute atomic E-state index is 0.202. The summed E-state index contributed by atoms with van der Waals surface area (Å²) in [6.45, 7) is 2.74. The van der Waals surface area contributed by atoms with E-state index in [-0.39, 0.29) is 6.09 Å². The summed E-state index contributed by atoms with van der Waals surface area (Å²) in [5, 5.41) is 0. The number of amides is 1. The second kappa shape index (κ2) is 4.28. The van der Waals surface area contributed by atoms with E-state index in [0.29, 0.717) is 17.9 Å². The van der Waals surface area contributed by atoms with E-state index < -0.39 is 0 Å². The van der Waals surface area contributed by atoms with Crippen LogP contribution in [0, 0.1) is 11.3 Å². The van der Waals surface area contributed by atoms with Gasteiger partial charge in [-0.2, -0.15) is 0 Å². The molecule has 1 saturated carbocycles. The lowest BCUT2D eigenvalue weighted by Gasteiger charge is -2.39. The molecule has 1 amide bonds. The van der Waals surface area contributed by atoms with Gasteiger partial charge in [-0.3, -0.25) is 0 Å². The Bertz CT molecular complexity index is 440. The van der Waals surface area contributed by atoms with E-state index in [9.17, 15) is 4.79 Å². The molecule has 2 fully saturated rings. The van der Waals surface area contributed by atoms with E-state index in [1.165, 1.54) is 6.42 Å². The minimum atomic E-state index is -0.202. The second-order valence-corrected chi connectivity index (χ2v) is 5.40. The monoisotopic (exact) mass is 246 g/mol. The number of ether oxygens (including phenoxy) is 1. The smallest absolute Gasteiger partial charge is 0.410 e. The summed E-state index contributed by atoms with van der Waals surface area (Å²) < 4.78 is 5.28. The Morgan fingerprint density at radius 2 is 2.11 bits per heavy atom. The molecular weight excluding hydrogens is 228 g/mol. The van der Waals surface area contributed by atoms with Gasteiger partial charge in [-0.05, 0) is 24.4 Å². The van der Waals surface area contributed by atoms with Crippen LogP contribution in [0.4, 0.5) is 4.79 Å². The Balaban J connectivity index is 1.44. The van der Waals surface area contributed by atoms with Gasteiger partial charge in [0.05, 0.1) is 0 Å². The van der Waals surface area contributed by atoms with Gasteiger partial charge in [-0.25, -0.2) is 4.79 Å². The predicted octanol–water partition coefficient (Wildman–Crippen LogP) is 1.60. The average molecular weight is 246 g/mol. The van der Waals surface area contributed by atoms with Crippen LogP contribution in [0.2, 0.25) is 0 Å². The van der Waals surface area contributed by atoms with Crippen molar-refractivity contribution < 1.29 is 9.53 Å². The van der Waals surface area contributed by atoms with Crippen LogP contribution in [0.15, 0.2) is 30.3 Å². The summed E-state index contributed by atoms with van der Waals surface area (Å²) in [4.78, 5) is 13.6. The molecule has 1 aromatic carbocycles. The van der Waals surface area contributed by atoms with Gasteiger partial charge in [0, 0.05) is 18.5 Å². The largest absolute Gasteiger partial charge is 0.445 e. The van der Waals surface area contributed by atoms with Crippen LogP contribution in [0.3, 0.4) is 0 Å². The fourth-order valence-electron chi connectivity index (χ4n) is 2.81. The van der Waals surface area contributed by atoms with Gasteiger partial charge in [0.1, 0.15) is 6.61 Å². The van der Waals surface area contributed by atoms with E-state index in [0.717, 1.165) is 25.2 Å². The zero-order valence-corrected chi connectivity index (χ0v) is 10.3. The highest BCUT2D eigenvalue weighted by Crippen LogP contribution is 2.58. The molecule has 96 valence electrons. The molecule has 1 heterocycles. The third kappa shape index (κ3) is 1.97. The van der Waals surface area contributed by atoms with Crippen LogP contribution in [-0.4, -0.2) is 30.6 Å². The Kier molecular flexibility index (Phi) is 2.74. The number of carbonyl (C=O) groups excluding carboxylic acids is 1. The van der Waals surface area contributed by atoms with Crippen molar-refractivity contribution in [1.82, 2.24) is 4.90 Å². The van der Waals surface area contributed by atoms with E-state index in [4.69, 9.17) is 10.5 Å². The lowest BCUT2D eigenvalue weighted by molar-refractivity contribution is 0.0354. The number of nitrogens with two attached hydrogens (primary N) is 1. The molecular formula is C14H18N2O2. The van der Waals surface area contributed by atoms with Gasteiger partial charge >= 0.3 is 6.09 Å². The Morgan fingerprint density at radius 1 is 1.39 bits per heavy atom. The van der Waals surface area contributed by atoms with E-state index >= 15 is 0 Å². The van der Waals surface area contributed by atoms with Crippen LogP contribution in [0.25, 0.3) is 0 Å². The molecule has 4 heteroatoms. The molecule has 3 rings (SSSR count). The number of carbonyl (C=O) groups is 1. The maximum absolute atomic E-state index is 11.8. The predicted molar refractivity (Wildman–Crippen MR) is 67.8 cm³/mol. The summed E-state index contributed by atoms with van der Waals surface area (Å²) in [5.74, 6) is 0.621. The Morgan fingerprint density at radius 3 is 2.72 bits per heavy atom. The molecule has 1 aromatic rings. The first-order chi connectivity index (χ1) is 8.73. The first kappa shape index (κ1) is 11.5. The highest BCUT2D eigenvalue weighted by molar-refractivity contribution is 5.69. The molecule has 0 radical (unpaired) electrons. The van der Waals surface area contributed by atoms with Gasteiger partial charge < -0.3 is 15.4 Å². The van der Waals surface area contributed by atoms with Crippen molar-refractivity contribution in [1.29, 1.82) is 0 Å². The van der Waals surface area contributed by atoms with Gasteiger partial charge in [0.25, 0.3) is 0 Å². The van der Waals surface area contributed by atoms with Gasteiger partial charge in [-0.1, -0.05) is 30.3 Å². The number of hydrogen-bond acceptors (Lipinski definition) is 3. The van der Waals surface area contributed by atoms with E-state index in [1.54, 1.807) is 4.90 Å². The average Bonchev–Trinajstić information content (AvgIpc) is 3.10. The van der Waals surface area contributed by atoms with Crippen molar-refractivity contribution in [2.45, 2.75) is 13.0 Å². The maximum atomic E-state index is 11.8. The number of benzene rings is 1. The van der Waals surface area contributed by atoms with Crippen LogP contribution in [-0.2, 0) is 11.3 Å². The summed E-state index contributed by atoms with van der Waals surface area (Å²) in [7, 11) is 0. The molecule has 1 aliphatic heterocycles. The maximum Gasteiger partial charge on any atom is 0.410 e. The summed E-state index contributed by atoms with van der Waals surface area (Å²) in [5.41, 5.74) is 7.01. The van der Waals surface area contributed by atoms with E-state index in [2.05, 4.69) is 0 Å². The molecule has 0 bridgehead atoms. The fourth-order valence-corrected chi connectivity index (χ4v) is 2.81. The number of likely N-dealkylation sites (tertiary alicyclic amines) is 1. The first-order valence-corrected chi connectivity index (χ1v) is 6.39. The Labute approximate surface area is 107 Å². The third-order valence-electron chi connectivity index (χ3n) is 4.12. The van der Waals surface area contributed by atoms with Gasteiger partial charge in [0.15, 0.2) is 0 Å². The van der Waals surface area contributed by atoms with Crippen molar-refractivity contribution in [3.05, 3.63) is 35.9 Å². The van der Waals surface area contributed by atoms with Gasteiger partial charge in [0.2, 0.25) is 0 Å². The number of hydrogen-bond donors (Lipinski definition) is 1. The number of rotatable bonds is 3. The third-order valence-corrected chi connectivity index (χ3v) is 4.12. The molecule has 1 spiro atoms. The normalized spacial score (nSPS) is 23.6. The molecule has 18 heavy (non-hydrogen) atoms. The zero-order valence-electron chi connectivity index (χ0n) is 10.3. The zero-order chi connectivity index (χ0) is 12.6. The summed E-state index contributed by atoms with van der Waals surface area (Å²) in [6.07, 6.45) is 0.971.